The Balaban J connectivity index is 1.66. The molecule has 0 bridgehead atoms. The highest BCUT2D eigenvalue weighted by Crippen LogP contribution is 2.38. The van der Waals surface area contributed by atoms with Crippen LogP contribution in [-0.2, 0) is 16.1 Å². The number of halogens is 1. The first-order valence-corrected chi connectivity index (χ1v) is 9.11. The number of aromatic hydroxyl groups is 1. The lowest BCUT2D eigenvalue weighted by atomic mass is 10.0. The Morgan fingerprint density at radius 3 is 2.85 bits per heavy atom. The molecular weight excluding hydrogens is 354 g/mol. The first-order valence-electron chi connectivity index (χ1n) is 8.73. The molecule has 1 saturated heterocycles. The highest BCUT2D eigenvalue weighted by Gasteiger charge is 2.30. The van der Waals surface area contributed by atoms with Crippen LogP contribution in [0.2, 0.25) is 5.02 Å². The highest BCUT2D eigenvalue weighted by molar-refractivity contribution is 6.30. The molecule has 2 heterocycles. The predicted molar refractivity (Wildman–Crippen MR) is 98.4 cm³/mol. The molecule has 0 aromatic heterocycles. The number of phenolic OH excluding ortho intramolecular Hbond substituents is 1. The molecule has 6 heteroatoms. The first kappa shape index (κ1) is 17.2. The fraction of sp³-hybridized carbons (Fsp3) is 0.350. The Kier molecular flexibility index (Phi) is 4.74. The zero-order valence-corrected chi connectivity index (χ0v) is 15.0. The molecule has 1 N–H and O–H groups in total. The second-order valence-electron chi connectivity index (χ2n) is 6.66. The number of carbonyl (C=O) groups is 1. The maximum Gasteiger partial charge on any atom is 0.228 e. The minimum absolute atomic E-state index is 0.0796. The normalized spacial score (nSPS) is 19.6. The number of carbonyl (C=O) groups excluding carboxylic acids is 1. The van der Waals surface area contributed by atoms with Gasteiger partial charge < -0.3 is 19.5 Å². The molecular formula is C20H20ClNO4. The van der Waals surface area contributed by atoms with E-state index in [0.29, 0.717) is 43.7 Å². The molecule has 0 radical (unpaired) electrons. The number of hydrogen-bond acceptors (Lipinski definition) is 4. The molecule has 2 aliphatic rings. The van der Waals surface area contributed by atoms with E-state index < -0.39 is 0 Å². The summed E-state index contributed by atoms with van der Waals surface area (Å²) in [4.78, 5) is 14.6. The molecule has 2 aromatic rings. The topological polar surface area (TPSA) is 59.0 Å². The molecule has 0 unspecified atom stereocenters. The summed E-state index contributed by atoms with van der Waals surface area (Å²) in [5, 5.41) is 11.1. The van der Waals surface area contributed by atoms with E-state index in [0.717, 1.165) is 23.1 Å². The van der Waals surface area contributed by atoms with E-state index in [1.165, 1.54) is 0 Å². The van der Waals surface area contributed by atoms with Crippen LogP contribution in [0.4, 0.5) is 0 Å². The summed E-state index contributed by atoms with van der Waals surface area (Å²) in [6.45, 7) is 2.38. The Labute approximate surface area is 157 Å². The van der Waals surface area contributed by atoms with Crippen LogP contribution in [0.3, 0.4) is 0 Å². The summed E-state index contributed by atoms with van der Waals surface area (Å²) in [5.74, 6) is 0.539. The summed E-state index contributed by atoms with van der Waals surface area (Å²) in [6, 6.07) is 11.1. The van der Waals surface area contributed by atoms with Gasteiger partial charge in [0.15, 0.2) is 11.5 Å². The van der Waals surface area contributed by atoms with Crippen molar-refractivity contribution in [3.8, 4) is 22.6 Å². The molecule has 136 valence electrons. The summed E-state index contributed by atoms with van der Waals surface area (Å²) < 4.78 is 11.1. The molecule has 5 nitrogen and oxygen atoms in total. The average molecular weight is 374 g/mol. The van der Waals surface area contributed by atoms with Gasteiger partial charge in [-0.1, -0.05) is 23.7 Å². The number of amides is 1. The number of phenols is 1. The number of ether oxygens (including phenoxy) is 2. The molecule has 0 spiro atoms. The first-order chi connectivity index (χ1) is 12.6. The smallest absolute Gasteiger partial charge is 0.228 e. The molecule has 1 amide bonds. The van der Waals surface area contributed by atoms with E-state index >= 15 is 0 Å². The van der Waals surface area contributed by atoms with E-state index in [2.05, 4.69) is 0 Å². The molecule has 0 aliphatic carbocycles. The van der Waals surface area contributed by atoms with Crippen LogP contribution in [0.5, 0.6) is 11.5 Å². The van der Waals surface area contributed by atoms with Crippen molar-refractivity contribution in [1.29, 1.82) is 0 Å². The lowest BCUT2D eigenvalue weighted by Crippen LogP contribution is -2.37. The fourth-order valence-corrected chi connectivity index (χ4v) is 3.70. The highest BCUT2D eigenvalue weighted by atomic mass is 35.5. The summed E-state index contributed by atoms with van der Waals surface area (Å²) in [6.07, 6.45) is 0.761. The third-order valence-corrected chi connectivity index (χ3v) is 5.10. The van der Waals surface area contributed by atoms with E-state index in [1.807, 2.05) is 30.3 Å². The number of rotatable bonds is 2. The summed E-state index contributed by atoms with van der Waals surface area (Å²) in [7, 11) is 0. The van der Waals surface area contributed by atoms with Crippen LogP contribution in [0.15, 0.2) is 36.4 Å². The van der Waals surface area contributed by atoms with Crippen molar-refractivity contribution in [3.63, 3.8) is 0 Å². The van der Waals surface area contributed by atoms with Crippen molar-refractivity contribution >= 4 is 17.5 Å². The van der Waals surface area contributed by atoms with Gasteiger partial charge in [-0.2, -0.15) is 0 Å². The van der Waals surface area contributed by atoms with Crippen LogP contribution in [0, 0.1) is 5.92 Å². The lowest BCUT2D eigenvalue weighted by Gasteiger charge is -2.23. The number of nitrogens with zero attached hydrogens (tertiary/aromatic N) is 1. The molecule has 26 heavy (non-hydrogen) atoms. The SMILES string of the molecule is O=C([C@@H]1CCOC1)N1CCOc2c(O)cc(-c3cccc(Cl)c3)cc2C1. The van der Waals surface area contributed by atoms with Crippen molar-refractivity contribution in [1.82, 2.24) is 4.90 Å². The van der Waals surface area contributed by atoms with Gasteiger partial charge in [0.05, 0.1) is 19.1 Å². The van der Waals surface area contributed by atoms with Gasteiger partial charge in [-0.25, -0.2) is 0 Å². The van der Waals surface area contributed by atoms with Crippen LogP contribution in [-0.4, -0.2) is 42.3 Å². The number of hydrogen-bond donors (Lipinski definition) is 1. The maximum atomic E-state index is 12.8. The van der Waals surface area contributed by atoms with Gasteiger partial charge in [-0.15, -0.1) is 0 Å². The second kappa shape index (κ2) is 7.17. The standard InChI is InChI=1S/C20H20ClNO4/c21-17-3-1-2-13(9-17)15-8-16-11-22(20(24)14-4-6-25-12-14)5-7-26-19(16)18(23)10-15/h1-3,8-10,14,23H,4-7,11-12H2/t14-/m1/s1. The largest absolute Gasteiger partial charge is 0.504 e. The van der Waals surface area contributed by atoms with Crippen molar-refractivity contribution in [3.05, 3.63) is 47.0 Å². The second-order valence-corrected chi connectivity index (χ2v) is 7.10. The van der Waals surface area contributed by atoms with Crippen LogP contribution < -0.4 is 4.74 Å². The summed E-state index contributed by atoms with van der Waals surface area (Å²) >= 11 is 6.09. The molecule has 0 saturated carbocycles. The summed E-state index contributed by atoms with van der Waals surface area (Å²) in [5.41, 5.74) is 2.54. The van der Waals surface area contributed by atoms with Gasteiger partial charge in [0.2, 0.25) is 5.91 Å². The zero-order valence-electron chi connectivity index (χ0n) is 14.3. The lowest BCUT2D eigenvalue weighted by molar-refractivity contribution is -0.136. The Bertz CT molecular complexity index is 833. The van der Waals surface area contributed by atoms with Crippen molar-refractivity contribution in [2.45, 2.75) is 13.0 Å². The van der Waals surface area contributed by atoms with Crippen LogP contribution in [0.1, 0.15) is 12.0 Å². The van der Waals surface area contributed by atoms with Crippen molar-refractivity contribution in [2.75, 3.05) is 26.4 Å². The Morgan fingerprint density at radius 1 is 1.19 bits per heavy atom. The quantitative estimate of drug-likeness (QED) is 0.875. The predicted octanol–water partition coefficient (Wildman–Crippen LogP) is 3.47. The van der Waals surface area contributed by atoms with Gasteiger partial charge in [-0.3, -0.25) is 4.79 Å². The maximum absolute atomic E-state index is 12.8. The van der Waals surface area contributed by atoms with E-state index in [-0.39, 0.29) is 17.6 Å². The third kappa shape index (κ3) is 3.37. The van der Waals surface area contributed by atoms with Crippen molar-refractivity contribution < 1.29 is 19.4 Å². The van der Waals surface area contributed by atoms with Gasteiger partial charge in [0.25, 0.3) is 0 Å². The molecule has 2 aromatic carbocycles. The van der Waals surface area contributed by atoms with Gasteiger partial charge >= 0.3 is 0 Å². The van der Waals surface area contributed by atoms with Gasteiger partial charge in [-0.05, 0) is 41.8 Å². The van der Waals surface area contributed by atoms with Crippen molar-refractivity contribution in [2.24, 2.45) is 5.92 Å². The molecule has 1 fully saturated rings. The third-order valence-electron chi connectivity index (χ3n) is 4.86. The Hall–Kier alpha value is -2.24. The number of benzene rings is 2. The Morgan fingerprint density at radius 2 is 2.08 bits per heavy atom. The average Bonchev–Trinajstić information content (AvgIpc) is 3.08. The van der Waals surface area contributed by atoms with E-state index in [4.69, 9.17) is 21.1 Å². The molecule has 2 aliphatic heterocycles. The minimum atomic E-state index is -0.0822. The van der Waals surface area contributed by atoms with E-state index in [1.54, 1.807) is 11.0 Å². The minimum Gasteiger partial charge on any atom is -0.504 e. The van der Waals surface area contributed by atoms with Crippen LogP contribution in [0.25, 0.3) is 11.1 Å². The fourth-order valence-electron chi connectivity index (χ4n) is 3.51. The van der Waals surface area contributed by atoms with Crippen LogP contribution >= 0.6 is 11.6 Å². The molecule has 4 rings (SSSR count). The zero-order chi connectivity index (χ0) is 18.1. The van der Waals surface area contributed by atoms with E-state index in [9.17, 15) is 9.90 Å². The molecule has 1 atom stereocenters. The van der Waals surface area contributed by atoms with Gasteiger partial charge in [0.1, 0.15) is 6.61 Å². The van der Waals surface area contributed by atoms with Gasteiger partial charge in [0, 0.05) is 23.7 Å². The monoisotopic (exact) mass is 373 g/mol. The number of fused-ring (bicyclic) bond motifs is 1.